The summed E-state index contributed by atoms with van der Waals surface area (Å²) >= 11 is 0. The molecular formula is C15H25N5O2. The van der Waals surface area contributed by atoms with E-state index in [1.807, 2.05) is 38.7 Å². The number of carbonyl (C=O) groups is 2. The van der Waals surface area contributed by atoms with Crippen LogP contribution in [0.1, 0.15) is 31.3 Å². The van der Waals surface area contributed by atoms with Gasteiger partial charge in [0, 0.05) is 38.4 Å². The third-order valence-corrected chi connectivity index (χ3v) is 3.98. The van der Waals surface area contributed by atoms with Crippen LogP contribution in [-0.4, -0.2) is 64.2 Å². The molecule has 1 atom stereocenters. The smallest absolute Gasteiger partial charge is 0.317 e. The van der Waals surface area contributed by atoms with Crippen molar-refractivity contribution in [2.75, 3.05) is 32.7 Å². The summed E-state index contributed by atoms with van der Waals surface area (Å²) in [6.45, 7) is 10.5. The van der Waals surface area contributed by atoms with Crippen LogP contribution in [0.3, 0.4) is 0 Å². The Morgan fingerprint density at radius 1 is 1.23 bits per heavy atom. The van der Waals surface area contributed by atoms with Crippen molar-refractivity contribution in [2.24, 2.45) is 0 Å². The molecule has 7 nitrogen and oxygen atoms in total. The van der Waals surface area contributed by atoms with E-state index < -0.39 is 0 Å². The fourth-order valence-electron chi connectivity index (χ4n) is 2.80. The van der Waals surface area contributed by atoms with Gasteiger partial charge in [-0.15, -0.1) is 0 Å². The number of aromatic nitrogens is 2. The zero-order chi connectivity index (χ0) is 16.3. The fraction of sp³-hybridized carbons (Fsp3) is 0.667. The van der Waals surface area contributed by atoms with Crippen LogP contribution < -0.4 is 5.32 Å². The number of rotatable bonds is 3. The van der Waals surface area contributed by atoms with Gasteiger partial charge in [-0.1, -0.05) is 0 Å². The minimum Gasteiger partial charge on any atom is -0.338 e. The average molecular weight is 307 g/mol. The summed E-state index contributed by atoms with van der Waals surface area (Å²) < 4.78 is 1.77. The molecule has 22 heavy (non-hydrogen) atoms. The van der Waals surface area contributed by atoms with Gasteiger partial charge in [0.1, 0.15) is 6.04 Å². The number of nitrogens with zero attached hydrogens (tertiary/aromatic N) is 4. The molecule has 0 spiro atoms. The lowest BCUT2D eigenvalue weighted by Gasteiger charge is -2.36. The van der Waals surface area contributed by atoms with Crippen LogP contribution in [0.4, 0.5) is 4.79 Å². The molecule has 0 saturated carbocycles. The molecule has 1 aliphatic heterocycles. The maximum absolute atomic E-state index is 12.6. The Bertz CT molecular complexity index is 546. The largest absolute Gasteiger partial charge is 0.338 e. The first-order valence-corrected chi connectivity index (χ1v) is 7.78. The first-order valence-electron chi connectivity index (χ1n) is 7.78. The standard InChI is InChI=1S/C15H25N5O2/c1-5-16-15(22)19-8-6-18(7-9-19)14(21)13(4)20-12(3)10-11(2)17-20/h10,13H,5-9H2,1-4H3,(H,16,22). The van der Waals surface area contributed by atoms with Crippen LogP contribution in [0.25, 0.3) is 0 Å². The number of amides is 3. The van der Waals surface area contributed by atoms with E-state index in [-0.39, 0.29) is 18.0 Å². The monoisotopic (exact) mass is 307 g/mol. The van der Waals surface area contributed by atoms with Gasteiger partial charge < -0.3 is 15.1 Å². The van der Waals surface area contributed by atoms with Crippen LogP contribution >= 0.6 is 0 Å². The second kappa shape index (κ2) is 6.81. The highest BCUT2D eigenvalue weighted by molar-refractivity contribution is 5.80. The summed E-state index contributed by atoms with van der Waals surface area (Å²) in [7, 11) is 0. The van der Waals surface area contributed by atoms with Crippen LogP contribution in [0.5, 0.6) is 0 Å². The third kappa shape index (κ3) is 3.40. The molecule has 1 unspecified atom stereocenters. The predicted octanol–water partition coefficient (Wildman–Crippen LogP) is 0.935. The highest BCUT2D eigenvalue weighted by Gasteiger charge is 2.28. The summed E-state index contributed by atoms with van der Waals surface area (Å²) in [5, 5.41) is 7.18. The highest BCUT2D eigenvalue weighted by atomic mass is 16.2. The van der Waals surface area contributed by atoms with Crippen LogP contribution in [0.2, 0.25) is 0 Å². The van der Waals surface area contributed by atoms with Crippen LogP contribution in [0.15, 0.2) is 6.07 Å². The molecule has 1 aliphatic rings. The second-order valence-electron chi connectivity index (χ2n) is 5.70. The lowest BCUT2D eigenvalue weighted by Crippen LogP contribution is -2.54. The molecular weight excluding hydrogens is 282 g/mol. The van der Waals surface area contributed by atoms with Crippen molar-refractivity contribution < 1.29 is 9.59 Å². The van der Waals surface area contributed by atoms with Gasteiger partial charge in [-0.25, -0.2) is 4.79 Å². The first-order chi connectivity index (χ1) is 10.4. The number of hydrogen-bond donors (Lipinski definition) is 1. The lowest BCUT2D eigenvalue weighted by atomic mass is 10.2. The molecule has 7 heteroatoms. The van der Waals surface area contributed by atoms with Gasteiger partial charge in [0.05, 0.1) is 5.69 Å². The van der Waals surface area contributed by atoms with Gasteiger partial charge in [-0.3, -0.25) is 9.48 Å². The van der Waals surface area contributed by atoms with E-state index in [4.69, 9.17) is 0 Å². The molecule has 2 rings (SSSR count). The Labute approximate surface area is 131 Å². The minimum absolute atomic E-state index is 0.0545. The van der Waals surface area contributed by atoms with Crippen molar-refractivity contribution in [1.82, 2.24) is 24.9 Å². The van der Waals surface area contributed by atoms with E-state index in [1.54, 1.807) is 9.58 Å². The summed E-state index contributed by atoms with van der Waals surface area (Å²) in [6.07, 6.45) is 0. The number of hydrogen-bond acceptors (Lipinski definition) is 3. The molecule has 3 amide bonds. The van der Waals surface area contributed by atoms with E-state index >= 15 is 0 Å². The van der Waals surface area contributed by atoms with Gasteiger partial charge in [0.2, 0.25) is 5.91 Å². The molecule has 122 valence electrons. The zero-order valence-electron chi connectivity index (χ0n) is 13.8. The van der Waals surface area contributed by atoms with Crippen molar-refractivity contribution >= 4 is 11.9 Å². The normalized spacial score (nSPS) is 16.5. The highest BCUT2D eigenvalue weighted by Crippen LogP contribution is 2.15. The van der Waals surface area contributed by atoms with Gasteiger partial charge >= 0.3 is 6.03 Å². The van der Waals surface area contributed by atoms with Crippen LogP contribution in [0, 0.1) is 13.8 Å². The van der Waals surface area contributed by atoms with Gasteiger partial charge in [-0.05, 0) is 33.8 Å². The quantitative estimate of drug-likeness (QED) is 0.903. The van der Waals surface area contributed by atoms with Crippen molar-refractivity contribution in [3.63, 3.8) is 0 Å². The molecule has 1 fully saturated rings. The molecule has 1 saturated heterocycles. The Kier molecular flexibility index (Phi) is 5.05. The third-order valence-electron chi connectivity index (χ3n) is 3.98. The predicted molar refractivity (Wildman–Crippen MR) is 83.6 cm³/mol. The molecule has 0 radical (unpaired) electrons. The van der Waals surface area contributed by atoms with Crippen molar-refractivity contribution in [2.45, 2.75) is 33.7 Å². The lowest BCUT2D eigenvalue weighted by molar-refractivity contribution is -0.136. The fourth-order valence-corrected chi connectivity index (χ4v) is 2.80. The van der Waals surface area contributed by atoms with Crippen molar-refractivity contribution in [1.29, 1.82) is 0 Å². The molecule has 0 bridgehead atoms. The minimum atomic E-state index is -0.315. The molecule has 0 aromatic carbocycles. The average Bonchev–Trinajstić information content (AvgIpc) is 2.85. The molecule has 1 N–H and O–H groups in total. The Balaban J connectivity index is 1.95. The molecule has 1 aromatic rings. The van der Waals surface area contributed by atoms with Gasteiger partial charge in [0.15, 0.2) is 0 Å². The van der Waals surface area contributed by atoms with Gasteiger partial charge in [0.25, 0.3) is 0 Å². The maximum atomic E-state index is 12.6. The zero-order valence-corrected chi connectivity index (χ0v) is 13.8. The summed E-state index contributed by atoms with van der Waals surface area (Å²) in [6, 6.07) is 1.60. The van der Waals surface area contributed by atoms with Crippen molar-refractivity contribution in [3.05, 3.63) is 17.5 Å². The van der Waals surface area contributed by atoms with Crippen molar-refractivity contribution in [3.8, 4) is 0 Å². The summed E-state index contributed by atoms with van der Waals surface area (Å²) in [4.78, 5) is 28.0. The molecule has 1 aromatic heterocycles. The molecule has 0 aliphatic carbocycles. The number of carbonyl (C=O) groups excluding carboxylic acids is 2. The number of nitrogens with one attached hydrogen (secondary N) is 1. The Morgan fingerprint density at radius 2 is 1.82 bits per heavy atom. The van der Waals surface area contributed by atoms with E-state index in [2.05, 4.69) is 10.4 Å². The number of piperazine rings is 1. The molecule has 2 heterocycles. The van der Waals surface area contributed by atoms with Gasteiger partial charge in [-0.2, -0.15) is 5.10 Å². The maximum Gasteiger partial charge on any atom is 0.317 e. The van der Waals surface area contributed by atoms with E-state index in [9.17, 15) is 9.59 Å². The summed E-state index contributed by atoms with van der Waals surface area (Å²) in [5.41, 5.74) is 1.90. The SMILES string of the molecule is CCNC(=O)N1CCN(C(=O)C(C)n2nc(C)cc2C)CC1. The second-order valence-corrected chi connectivity index (χ2v) is 5.70. The van der Waals surface area contributed by atoms with E-state index in [1.165, 1.54) is 0 Å². The number of aryl methyl sites for hydroxylation is 2. The van der Waals surface area contributed by atoms with E-state index in [0.29, 0.717) is 32.7 Å². The number of urea groups is 1. The Morgan fingerprint density at radius 3 is 2.32 bits per heavy atom. The first kappa shape index (κ1) is 16.3. The summed E-state index contributed by atoms with van der Waals surface area (Å²) in [5.74, 6) is 0.0572. The Hall–Kier alpha value is -2.05. The topological polar surface area (TPSA) is 70.5 Å². The van der Waals surface area contributed by atoms with Crippen LogP contribution in [-0.2, 0) is 4.79 Å². The van der Waals surface area contributed by atoms with E-state index in [0.717, 1.165) is 11.4 Å².